The monoisotopic (exact) mass is 175 g/mol. The first-order chi connectivity index (χ1) is 5.61. The van der Waals surface area contributed by atoms with Gasteiger partial charge in [0.05, 0.1) is 0 Å². The molecule has 2 N–H and O–H groups in total. The highest BCUT2D eigenvalue weighted by atomic mass is 19.1. The quantitative estimate of drug-likeness (QED) is 0.661. The molecule has 0 aromatic heterocycles. The van der Waals surface area contributed by atoms with Gasteiger partial charge in [-0.25, -0.2) is 4.39 Å². The van der Waals surface area contributed by atoms with Crippen molar-refractivity contribution in [2.45, 2.75) is 57.5 Å². The standard InChI is InChI=1S/C9H18FNO/c1-6(2)11-8-5-3-4-7(10)9(8)12/h6-9,11-12H,3-5H2,1-2H3/t7-,8-,9+/m1/s1. The second-order valence-corrected chi connectivity index (χ2v) is 3.87. The van der Waals surface area contributed by atoms with Gasteiger partial charge >= 0.3 is 0 Å². The zero-order valence-electron chi connectivity index (χ0n) is 7.76. The number of hydrogen-bond acceptors (Lipinski definition) is 2. The average Bonchev–Trinajstić information content (AvgIpc) is 1.98. The van der Waals surface area contributed by atoms with Crippen molar-refractivity contribution in [3.8, 4) is 0 Å². The number of aliphatic hydroxyl groups is 1. The van der Waals surface area contributed by atoms with E-state index in [2.05, 4.69) is 5.32 Å². The van der Waals surface area contributed by atoms with E-state index in [0.717, 1.165) is 12.8 Å². The fourth-order valence-electron chi connectivity index (χ4n) is 1.74. The molecule has 1 rings (SSSR count). The van der Waals surface area contributed by atoms with Gasteiger partial charge in [-0.1, -0.05) is 13.8 Å². The predicted molar refractivity (Wildman–Crippen MR) is 46.8 cm³/mol. The predicted octanol–water partition coefficient (Wildman–Crippen LogP) is 1.24. The molecule has 3 heteroatoms. The van der Waals surface area contributed by atoms with E-state index in [1.165, 1.54) is 0 Å². The minimum Gasteiger partial charge on any atom is -0.388 e. The first kappa shape index (κ1) is 9.93. The van der Waals surface area contributed by atoms with E-state index in [-0.39, 0.29) is 6.04 Å². The van der Waals surface area contributed by atoms with Gasteiger partial charge in [0, 0.05) is 12.1 Å². The number of nitrogens with one attached hydrogen (secondary N) is 1. The molecule has 0 amide bonds. The van der Waals surface area contributed by atoms with Gasteiger partial charge in [0.1, 0.15) is 12.3 Å². The summed E-state index contributed by atoms with van der Waals surface area (Å²) in [5.74, 6) is 0. The van der Waals surface area contributed by atoms with Crippen molar-refractivity contribution < 1.29 is 9.50 Å². The molecule has 0 spiro atoms. The van der Waals surface area contributed by atoms with E-state index in [1.807, 2.05) is 13.8 Å². The zero-order chi connectivity index (χ0) is 9.14. The Labute approximate surface area is 73.2 Å². The van der Waals surface area contributed by atoms with E-state index < -0.39 is 12.3 Å². The van der Waals surface area contributed by atoms with Gasteiger partial charge < -0.3 is 10.4 Å². The smallest absolute Gasteiger partial charge is 0.127 e. The lowest BCUT2D eigenvalue weighted by atomic mass is 9.90. The van der Waals surface area contributed by atoms with E-state index >= 15 is 0 Å². The highest BCUT2D eigenvalue weighted by Crippen LogP contribution is 2.21. The Bertz CT molecular complexity index is 140. The van der Waals surface area contributed by atoms with Gasteiger partial charge in [-0.3, -0.25) is 0 Å². The fraction of sp³-hybridized carbons (Fsp3) is 1.00. The first-order valence-corrected chi connectivity index (χ1v) is 4.69. The summed E-state index contributed by atoms with van der Waals surface area (Å²) in [6, 6.07) is 0.267. The van der Waals surface area contributed by atoms with Gasteiger partial charge in [0.2, 0.25) is 0 Å². The Morgan fingerprint density at radius 1 is 1.42 bits per heavy atom. The van der Waals surface area contributed by atoms with Crippen LogP contribution in [0.25, 0.3) is 0 Å². The van der Waals surface area contributed by atoms with Crippen LogP contribution in [0.3, 0.4) is 0 Å². The van der Waals surface area contributed by atoms with Gasteiger partial charge in [-0.15, -0.1) is 0 Å². The topological polar surface area (TPSA) is 32.3 Å². The lowest BCUT2D eigenvalue weighted by Crippen LogP contribution is -2.49. The van der Waals surface area contributed by atoms with E-state index in [1.54, 1.807) is 0 Å². The molecule has 0 aromatic rings. The Morgan fingerprint density at radius 2 is 2.08 bits per heavy atom. The van der Waals surface area contributed by atoms with Crippen molar-refractivity contribution in [2.75, 3.05) is 0 Å². The second kappa shape index (κ2) is 4.19. The maximum absolute atomic E-state index is 13.0. The van der Waals surface area contributed by atoms with Crippen molar-refractivity contribution in [3.05, 3.63) is 0 Å². The van der Waals surface area contributed by atoms with Crippen LogP contribution in [0.1, 0.15) is 33.1 Å². The van der Waals surface area contributed by atoms with Gasteiger partial charge in [0.25, 0.3) is 0 Å². The zero-order valence-corrected chi connectivity index (χ0v) is 7.76. The minimum atomic E-state index is -1.03. The summed E-state index contributed by atoms with van der Waals surface area (Å²) in [5, 5.41) is 12.6. The van der Waals surface area contributed by atoms with Crippen LogP contribution in [-0.4, -0.2) is 29.5 Å². The molecule has 0 saturated heterocycles. The minimum absolute atomic E-state index is 0.0475. The Kier molecular flexibility index (Phi) is 3.47. The molecular formula is C9H18FNO. The highest BCUT2D eigenvalue weighted by molar-refractivity contribution is 4.87. The molecule has 0 radical (unpaired) electrons. The number of hydrogen-bond donors (Lipinski definition) is 2. The van der Waals surface area contributed by atoms with E-state index in [9.17, 15) is 9.50 Å². The fourth-order valence-corrected chi connectivity index (χ4v) is 1.74. The third-order valence-corrected chi connectivity index (χ3v) is 2.33. The molecule has 72 valence electrons. The Balaban J connectivity index is 2.41. The van der Waals surface area contributed by atoms with Crippen LogP contribution in [-0.2, 0) is 0 Å². The Morgan fingerprint density at radius 3 is 2.67 bits per heavy atom. The molecule has 1 aliphatic rings. The summed E-state index contributed by atoms with van der Waals surface area (Å²) >= 11 is 0. The molecule has 12 heavy (non-hydrogen) atoms. The normalized spacial score (nSPS) is 37.2. The van der Waals surface area contributed by atoms with E-state index in [4.69, 9.17) is 0 Å². The molecule has 0 aliphatic heterocycles. The molecule has 1 fully saturated rings. The molecule has 0 unspecified atom stereocenters. The van der Waals surface area contributed by atoms with Gasteiger partial charge in [-0.05, 0) is 19.3 Å². The molecule has 1 saturated carbocycles. The molecule has 0 bridgehead atoms. The van der Waals surface area contributed by atoms with Crippen LogP contribution in [0.2, 0.25) is 0 Å². The van der Waals surface area contributed by atoms with Crippen LogP contribution >= 0.6 is 0 Å². The summed E-state index contributed by atoms with van der Waals surface area (Å²) in [6.45, 7) is 4.02. The third kappa shape index (κ3) is 2.42. The third-order valence-electron chi connectivity index (χ3n) is 2.33. The largest absolute Gasteiger partial charge is 0.388 e. The van der Waals surface area contributed by atoms with Crippen LogP contribution in [0.4, 0.5) is 4.39 Å². The lowest BCUT2D eigenvalue weighted by Gasteiger charge is -2.32. The number of alkyl halides is 1. The molecule has 3 atom stereocenters. The van der Waals surface area contributed by atoms with Crippen molar-refractivity contribution in [1.82, 2.24) is 5.32 Å². The number of halogens is 1. The van der Waals surface area contributed by atoms with Crippen molar-refractivity contribution in [2.24, 2.45) is 0 Å². The summed E-state index contributed by atoms with van der Waals surface area (Å²) < 4.78 is 13.0. The maximum atomic E-state index is 13.0. The molecule has 2 nitrogen and oxygen atoms in total. The SMILES string of the molecule is CC(C)N[C@@H]1CCC[C@@H](F)[C@@H]1O. The summed E-state index contributed by atoms with van der Waals surface area (Å²) in [4.78, 5) is 0. The van der Waals surface area contributed by atoms with Gasteiger partial charge in [-0.2, -0.15) is 0 Å². The van der Waals surface area contributed by atoms with Crippen LogP contribution in [0.5, 0.6) is 0 Å². The number of aliphatic hydroxyl groups excluding tert-OH is 1. The van der Waals surface area contributed by atoms with Crippen molar-refractivity contribution in [3.63, 3.8) is 0 Å². The Hall–Kier alpha value is -0.150. The molecule has 0 aromatic carbocycles. The van der Waals surface area contributed by atoms with Crippen LogP contribution in [0, 0.1) is 0 Å². The van der Waals surface area contributed by atoms with Crippen molar-refractivity contribution >= 4 is 0 Å². The van der Waals surface area contributed by atoms with Crippen molar-refractivity contribution in [1.29, 1.82) is 0 Å². The highest BCUT2D eigenvalue weighted by Gasteiger charge is 2.31. The first-order valence-electron chi connectivity index (χ1n) is 4.69. The lowest BCUT2D eigenvalue weighted by molar-refractivity contribution is 0.0142. The average molecular weight is 175 g/mol. The molecule has 0 heterocycles. The van der Waals surface area contributed by atoms with E-state index in [0.29, 0.717) is 12.5 Å². The summed E-state index contributed by atoms with van der Waals surface area (Å²) in [6.07, 6.45) is 0.441. The van der Waals surface area contributed by atoms with Crippen LogP contribution < -0.4 is 5.32 Å². The molecule has 1 aliphatic carbocycles. The number of rotatable bonds is 2. The summed E-state index contributed by atoms with van der Waals surface area (Å²) in [7, 11) is 0. The molecular weight excluding hydrogens is 157 g/mol. The second-order valence-electron chi connectivity index (χ2n) is 3.87. The van der Waals surface area contributed by atoms with Gasteiger partial charge in [0.15, 0.2) is 0 Å². The maximum Gasteiger partial charge on any atom is 0.127 e. The summed E-state index contributed by atoms with van der Waals surface area (Å²) in [5.41, 5.74) is 0. The van der Waals surface area contributed by atoms with Crippen LogP contribution in [0.15, 0.2) is 0 Å².